The Morgan fingerprint density at radius 3 is 2.23 bits per heavy atom. The number of rotatable bonds is 1. The lowest BCUT2D eigenvalue weighted by Crippen LogP contribution is -2.45. The van der Waals surface area contributed by atoms with Crippen molar-refractivity contribution in [3.63, 3.8) is 0 Å². The SMILES string of the molecule is Cc1nc(N)c2c(F)c(F)c(N3CCN(C)CC3)c(F)c2n1. The van der Waals surface area contributed by atoms with E-state index in [1.807, 2.05) is 11.9 Å². The molecule has 1 saturated heterocycles. The first kappa shape index (κ1) is 14.8. The van der Waals surface area contributed by atoms with Crippen molar-refractivity contribution in [2.75, 3.05) is 43.9 Å². The number of aryl methyl sites for hydroxylation is 1. The second-order valence-electron chi connectivity index (χ2n) is 5.46. The van der Waals surface area contributed by atoms with Crippen molar-refractivity contribution < 1.29 is 13.2 Å². The number of anilines is 2. The topological polar surface area (TPSA) is 58.3 Å². The molecule has 2 N–H and O–H groups in total. The van der Waals surface area contributed by atoms with E-state index in [-0.39, 0.29) is 22.8 Å². The van der Waals surface area contributed by atoms with E-state index in [0.29, 0.717) is 26.2 Å². The first-order chi connectivity index (χ1) is 10.4. The summed E-state index contributed by atoms with van der Waals surface area (Å²) < 4.78 is 43.4. The van der Waals surface area contributed by atoms with Gasteiger partial charge in [-0.05, 0) is 14.0 Å². The van der Waals surface area contributed by atoms with E-state index in [0.717, 1.165) is 0 Å². The van der Waals surface area contributed by atoms with Crippen molar-refractivity contribution >= 4 is 22.4 Å². The van der Waals surface area contributed by atoms with Crippen molar-refractivity contribution in [3.8, 4) is 0 Å². The molecule has 2 heterocycles. The highest BCUT2D eigenvalue weighted by molar-refractivity contribution is 5.92. The number of nitrogen functional groups attached to an aromatic ring is 1. The maximum absolute atomic E-state index is 14.7. The molecule has 1 aliphatic rings. The maximum Gasteiger partial charge on any atom is 0.186 e. The number of benzene rings is 1. The van der Waals surface area contributed by atoms with Crippen LogP contribution in [0.1, 0.15) is 5.82 Å². The third kappa shape index (κ3) is 2.23. The summed E-state index contributed by atoms with van der Waals surface area (Å²) in [6, 6.07) is 0. The van der Waals surface area contributed by atoms with E-state index in [1.54, 1.807) is 0 Å². The summed E-state index contributed by atoms with van der Waals surface area (Å²) in [5.41, 5.74) is 4.94. The third-order valence-corrected chi connectivity index (χ3v) is 3.90. The quantitative estimate of drug-likeness (QED) is 0.812. The number of nitrogens with zero attached hydrogens (tertiary/aromatic N) is 4. The van der Waals surface area contributed by atoms with E-state index < -0.39 is 22.8 Å². The molecule has 0 bridgehead atoms. The number of halogens is 3. The molecule has 2 aromatic rings. The molecule has 118 valence electrons. The van der Waals surface area contributed by atoms with Crippen molar-refractivity contribution in [1.29, 1.82) is 0 Å². The highest BCUT2D eigenvalue weighted by Gasteiger charge is 2.28. The van der Waals surface area contributed by atoms with Crippen LogP contribution in [-0.2, 0) is 0 Å². The van der Waals surface area contributed by atoms with Crippen LogP contribution in [0.4, 0.5) is 24.7 Å². The molecule has 0 aliphatic carbocycles. The summed E-state index contributed by atoms with van der Waals surface area (Å²) in [5.74, 6) is -3.39. The highest BCUT2D eigenvalue weighted by atomic mass is 19.2. The normalized spacial score (nSPS) is 16.5. The molecular weight excluding hydrogens is 295 g/mol. The number of hydrogen-bond donors (Lipinski definition) is 1. The first-order valence-electron chi connectivity index (χ1n) is 6.94. The lowest BCUT2D eigenvalue weighted by molar-refractivity contribution is 0.310. The number of fused-ring (bicyclic) bond motifs is 1. The molecule has 3 rings (SSSR count). The van der Waals surface area contributed by atoms with E-state index in [1.165, 1.54) is 11.8 Å². The average molecular weight is 311 g/mol. The summed E-state index contributed by atoms with van der Waals surface area (Å²) in [4.78, 5) is 11.2. The molecule has 0 saturated carbocycles. The summed E-state index contributed by atoms with van der Waals surface area (Å²) in [7, 11) is 1.92. The van der Waals surface area contributed by atoms with E-state index in [9.17, 15) is 13.2 Å². The van der Waals surface area contributed by atoms with Gasteiger partial charge in [-0.3, -0.25) is 0 Å². The minimum Gasteiger partial charge on any atom is -0.383 e. The summed E-state index contributed by atoms with van der Waals surface area (Å²) >= 11 is 0. The Kier molecular flexibility index (Phi) is 3.56. The average Bonchev–Trinajstić information content (AvgIpc) is 2.46. The van der Waals surface area contributed by atoms with Gasteiger partial charge in [-0.2, -0.15) is 0 Å². The summed E-state index contributed by atoms with van der Waals surface area (Å²) in [6.45, 7) is 3.63. The smallest absolute Gasteiger partial charge is 0.186 e. The number of piperazine rings is 1. The first-order valence-corrected chi connectivity index (χ1v) is 6.94. The van der Waals surface area contributed by atoms with Crippen molar-refractivity contribution in [2.24, 2.45) is 0 Å². The van der Waals surface area contributed by atoms with Crippen LogP contribution >= 0.6 is 0 Å². The fourth-order valence-electron chi connectivity index (χ4n) is 2.70. The Bertz CT molecular complexity index is 741. The van der Waals surface area contributed by atoms with Gasteiger partial charge < -0.3 is 15.5 Å². The van der Waals surface area contributed by atoms with E-state index in [2.05, 4.69) is 9.97 Å². The van der Waals surface area contributed by atoms with Crippen LogP contribution in [0.15, 0.2) is 0 Å². The van der Waals surface area contributed by atoms with Crippen LogP contribution < -0.4 is 10.6 Å². The van der Waals surface area contributed by atoms with Crippen LogP contribution in [0.3, 0.4) is 0 Å². The van der Waals surface area contributed by atoms with Crippen LogP contribution in [0.25, 0.3) is 10.9 Å². The zero-order chi connectivity index (χ0) is 16.0. The van der Waals surface area contributed by atoms with Gasteiger partial charge in [0, 0.05) is 26.2 Å². The van der Waals surface area contributed by atoms with Gasteiger partial charge in [-0.1, -0.05) is 0 Å². The van der Waals surface area contributed by atoms with Gasteiger partial charge in [0.15, 0.2) is 17.5 Å². The molecule has 0 unspecified atom stereocenters. The maximum atomic E-state index is 14.7. The summed E-state index contributed by atoms with van der Waals surface area (Å²) in [6.07, 6.45) is 0. The number of nitrogens with two attached hydrogens (primary N) is 1. The fraction of sp³-hybridized carbons (Fsp3) is 0.429. The lowest BCUT2D eigenvalue weighted by atomic mass is 10.1. The zero-order valence-corrected chi connectivity index (χ0v) is 12.3. The van der Waals surface area contributed by atoms with Gasteiger partial charge in [0.25, 0.3) is 0 Å². The standard InChI is InChI=1S/C14H16F3N5/c1-7-19-12-8(14(18)20-7)9(15)10(16)13(11(12)17)22-5-3-21(2)4-6-22/h3-6H2,1-2H3,(H2,18,19,20). The van der Waals surface area contributed by atoms with Gasteiger partial charge in [-0.25, -0.2) is 23.1 Å². The number of likely N-dealkylation sites (N-methyl/N-ethyl adjacent to an activating group) is 1. The van der Waals surface area contributed by atoms with Crippen molar-refractivity contribution in [2.45, 2.75) is 6.92 Å². The third-order valence-electron chi connectivity index (χ3n) is 3.90. The molecule has 1 aliphatic heterocycles. The Morgan fingerprint density at radius 1 is 0.955 bits per heavy atom. The number of hydrogen-bond acceptors (Lipinski definition) is 5. The molecule has 1 aromatic heterocycles. The van der Waals surface area contributed by atoms with Gasteiger partial charge in [-0.15, -0.1) is 0 Å². The Balaban J connectivity index is 2.23. The Labute approximate surface area is 125 Å². The second kappa shape index (κ2) is 5.28. The van der Waals surface area contributed by atoms with Gasteiger partial charge >= 0.3 is 0 Å². The van der Waals surface area contributed by atoms with Crippen LogP contribution in [0, 0.1) is 24.4 Å². The monoisotopic (exact) mass is 311 g/mol. The Morgan fingerprint density at radius 2 is 1.59 bits per heavy atom. The summed E-state index contributed by atoms with van der Waals surface area (Å²) in [5, 5.41) is -0.404. The predicted molar refractivity (Wildman–Crippen MR) is 78.3 cm³/mol. The molecule has 0 amide bonds. The molecule has 1 fully saturated rings. The largest absolute Gasteiger partial charge is 0.383 e. The minimum atomic E-state index is -1.24. The van der Waals surface area contributed by atoms with Crippen LogP contribution in [0.5, 0.6) is 0 Å². The van der Waals surface area contributed by atoms with Crippen molar-refractivity contribution in [3.05, 3.63) is 23.3 Å². The van der Waals surface area contributed by atoms with Crippen molar-refractivity contribution in [1.82, 2.24) is 14.9 Å². The molecule has 0 spiro atoms. The molecular formula is C14H16F3N5. The predicted octanol–water partition coefficient (Wildman–Crippen LogP) is 1.69. The molecule has 0 radical (unpaired) electrons. The minimum absolute atomic E-state index is 0.208. The van der Waals surface area contributed by atoms with Crippen LogP contribution in [0.2, 0.25) is 0 Å². The van der Waals surface area contributed by atoms with E-state index in [4.69, 9.17) is 5.73 Å². The van der Waals surface area contributed by atoms with Gasteiger partial charge in [0.2, 0.25) is 0 Å². The van der Waals surface area contributed by atoms with E-state index >= 15 is 0 Å². The Hall–Kier alpha value is -2.09. The molecule has 22 heavy (non-hydrogen) atoms. The van der Waals surface area contributed by atoms with Gasteiger partial charge in [0.05, 0.1) is 5.39 Å². The highest BCUT2D eigenvalue weighted by Crippen LogP contribution is 2.35. The van der Waals surface area contributed by atoms with Crippen LogP contribution in [-0.4, -0.2) is 48.1 Å². The lowest BCUT2D eigenvalue weighted by Gasteiger charge is -2.34. The second-order valence-corrected chi connectivity index (χ2v) is 5.46. The van der Waals surface area contributed by atoms with Gasteiger partial charge in [0.1, 0.15) is 22.8 Å². The molecule has 1 aromatic carbocycles. The zero-order valence-electron chi connectivity index (χ0n) is 12.3. The fourth-order valence-corrected chi connectivity index (χ4v) is 2.70. The molecule has 5 nitrogen and oxygen atoms in total. The number of aromatic nitrogens is 2. The molecule has 8 heteroatoms. The molecule has 0 atom stereocenters.